The van der Waals surface area contributed by atoms with Crippen molar-refractivity contribution in [2.24, 2.45) is 0 Å². The minimum atomic E-state index is -0.298. The van der Waals surface area contributed by atoms with Crippen molar-refractivity contribution < 1.29 is 9.53 Å². The smallest absolute Gasteiger partial charge is 0.338 e. The maximum Gasteiger partial charge on any atom is 0.338 e. The van der Waals surface area contributed by atoms with Crippen LogP contribution in [-0.2, 0) is 11.3 Å². The number of nitrogens with one attached hydrogen (secondary N) is 1. The van der Waals surface area contributed by atoms with Crippen LogP contribution in [0.15, 0.2) is 30.5 Å². The Morgan fingerprint density at radius 2 is 2.00 bits per heavy atom. The molecule has 112 valence electrons. The molecule has 2 aromatic rings. The Labute approximate surface area is 124 Å². The molecular weight excluding hydrogens is 266 g/mol. The molecule has 0 unspecified atom stereocenters. The number of rotatable bonds is 6. The normalized spacial score (nSPS) is 10.6. The molecule has 0 radical (unpaired) electrons. The highest BCUT2D eigenvalue weighted by Crippen LogP contribution is 2.13. The molecule has 0 saturated carbocycles. The van der Waals surface area contributed by atoms with Crippen molar-refractivity contribution in [3.63, 3.8) is 0 Å². The average Bonchev–Trinajstić information content (AvgIpc) is 2.86. The fraction of sp³-hybridized carbons (Fsp3) is 0.375. The van der Waals surface area contributed by atoms with Gasteiger partial charge >= 0.3 is 5.97 Å². The Balaban J connectivity index is 2.17. The van der Waals surface area contributed by atoms with Crippen LogP contribution < -0.4 is 5.32 Å². The van der Waals surface area contributed by atoms with Gasteiger partial charge in [0.2, 0.25) is 0 Å². The molecule has 5 heteroatoms. The third-order valence-electron chi connectivity index (χ3n) is 3.21. The quantitative estimate of drug-likeness (QED) is 0.829. The van der Waals surface area contributed by atoms with E-state index in [1.165, 1.54) is 5.56 Å². The highest BCUT2D eigenvalue weighted by Gasteiger charge is 2.08. The van der Waals surface area contributed by atoms with Gasteiger partial charge in [-0.1, -0.05) is 6.92 Å². The molecule has 0 spiro atoms. The second-order valence-corrected chi connectivity index (χ2v) is 4.73. The number of carbonyl (C=O) groups is 1. The monoisotopic (exact) mass is 287 g/mol. The number of aryl methyl sites for hydroxylation is 1. The molecule has 0 bridgehead atoms. The van der Waals surface area contributed by atoms with Crippen LogP contribution in [0.5, 0.6) is 0 Å². The summed E-state index contributed by atoms with van der Waals surface area (Å²) >= 11 is 0. The lowest BCUT2D eigenvalue weighted by molar-refractivity contribution is 0.0526. The zero-order chi connectivity index (χ0) is 15.2. The summed E-state index contributed by atoms with van der Waals surface area (Å²) in [5.74, 6) is -0.298. The fourth-order valence-corrected chi connectivity index (χ4v) is 2.03. The molecule has 1 aromatic carbocycles. The number of hydrogen-bond acceptors (Lipinski definition) is 4. The first-order valence-electron chi connectivity index (χ1n) is 7.19. The van der Waals surface area contributed by atoms with Crippen LogP contribution in [0, 0.1) is 6.92 Å². The number of benzene rings is 1. The average molecular weight is 287 g/mol. The van der Waals surface area contributed by atoms with E-state index in [-0.39, 0.29) is 5.97 Å². The van der Waals surface area contributed by atoms with E-state index in [1.54, 1.807) is 19.1 Å². The molecular formula is C16H21N3O2. The molecule has 0 fully saturated rings. The van der Waals surface area contributed by atoms with Gasteiger partial charge in [0, 0.05) is 18.3 Å². The molecule has 0 aliphatic rings. The SMILES string of the molecule is CCNCc1cn(-c2ccc(C(=O)OCC)cc2)nc1C. The van der Waals surface area contributed by atoms with E-state index >= 15 is 0 Å². The van der Waals surface area contributed by atoms with Crippen molar-refractivity contribution in [2.75, 3.05) is 13.2 Å². The highest BCUT2D eigenvalue weighted by atomic mass is 16.5. The standard InChI is InChI=1S/C16H21N3O2/c1-4-17-10-14-11-19(18-12(14)3)15-8-6-13(7-9-15)16(20)21-5-2/h6-9,11,17H,4-5,10H2,1-3H3. The summed E-state index contributed by atoms with van der Waals surface area (Å²) in [4.78, 5) is 11.6. The third-order valence-corrected chi connectivity index (χ3v) is 3.21. The number of carbonyl (C=O) groups excluding carboxylic acids is 1. The van der Waals surface area contributed by atoms with Gasteiger partial charge in [0.15, 0.2) is 0 Å². The van der Waals surface area contributed by atoms with Crippen LogP contribution in [-0.4, -0.2) is 28.9 Å². The van der Waals surface area contributed by atoms with E-state index in [4.69, 9.17) is 4.74 Å². The van der Waals surface area contributed by atoms with E-state index < -0.39 is 0 Å². The van der Waals surface area contributed by atoms with Crippen LogP contribution in [0.25, 0.3) is 5.69 Å². The van der Waals surface area contributed by atoms with Crippen molar-refractivity contribution in [3.8, 4) is 5.69 Å². The second kappa shape index (κ2) is 7.04. The summed E-state index contributed by atoms with van der Waals surface area (Å²) in [5, 5.41) is 7.80. The van der Waals surface area contributed by atoms with Gasteiger partial charge in [0.25, 0.3) is 0 Å². The largest absolute Gasteiger partial charge is 0.462 e. The van der Waals surface area contributed by atoms with E-state index in [0.29, 0.717) is 12.2 Å². The maximum atomic E-state index is 11.6. The summed E-state index contributed by atoms with van der Waals surface area (Å²) in [6, 6.07) is 7.26. The molecule has 0 atom stereocenters. The third kappa shape index (κ3) is 3.70. The molecule has 1 N–H and O–H groups in total. The van der Waals surface area contributed by atoms with Crippen molar-refractivity contribution in [1.29, 1.82) is 0 Å². The van der Waals surface area contributed by atoms with Crippen LogP contribution >= 0.6 is 0 Å². The molecule has 1 heterocycles. The van der Waals surface area contributed by atoms with Gasteiger partial charge in [-0.15, -0.1) is 0 Å². The maximum absolute atomic E-state index is 11.6. The van der Waals surface area contributed by atoms with Gasteiger partial charge in [-0.25, -0.2) is 9.48 Å². The Morgan fingerprint density at radius 1 is 1.29 bits per heavy atom. The van der Waals surface area contributed by atoms with Crippen molar-refractivity contribution in [3.05, 3.63) is 47.3 Å². The molecule has 21 heavy (non-hydrogen) atoms. The van der Waals surface area contributed by atoms with Crippen LogP contribution in [0.4, 0.5) is 0 Å². The van der Waals surface area contributed by atoms with Crippen LogP contribution in [0.3, 0.4) is 0 Å². The Kier molecular flexibility index (Phi) is 5.11. The first-order chi connectivity index (χ1) is 10.2. The van der Waals surface area contributed by atoms with E-state index in [0.717, 1.165) is 24.5 Å². The van der Waals surface area contributed by atoms with Gasteiger partial charge in [-0.2, -0.15) is 5.10 Å². The summed E-state index contributed by atoms with van der Waals surface area (Å²) < 4.78 is 6.80. The zero-order valence-corrected chi connectivity index (χ0v) is 12.7. The van der Waals surface area contributed by atoms with Crippen LogP contribution in [0.1, 0.15) is 35.5 Å². The number of ether oxygens (including phenoxy) is 1. The highest BCUT2D eigenvalue weighted by molar-refractivity contribution is 5.89. The first kappa shape index (κ1) is 15.3. The lowest BCUT2D eigenvalue weighted by Crippen LogP contribution is -2.11. The molecule has 0 aliphatic carbocycles. The summed E-state index contributed by atoms with van der Waals surface area (Å²) in [5.41, 5.74) is 3.66. The number of aromatic nitrogens is 2. The Morgan fingerprint density at radius 3 is 2.62 bits per heavy atom. The lowest BCUT2D eigenvalue weighted by Gasteiger charge is -2.04. The van der Waals surface area contributed by atoms with Gasteiger partial charge in [0.1, 0.15) is 0 Å². The lowest BCUT2D eigenvalue weighted by atomic mass is 10.2. The fourth-order valence-electron chi connectivity index (χ4n) is 2.03. The number of nitrogens with zero attached hydrogens (tertiary/aromatic N) is 2. The van der Waals surface area contributed by atoms with E-state index in [1.807, 2.05) is 29.9 Å². The minimum absolute atomic E-state index is 0.298. The predicted octanol–water partition coefficient (Wildman–Crippen LogP) is 2.47. The number of hydrogen-bond donors (Lipinski definition) is 1. The van der Waals surface area contributed by atoms with E-state index in [2.05, 4.69) is 17.3 Å². The predicted molar refractivity (Wildman–Crippen MR) is 81.6 cm³/mol. The van der Waals surface area contributed by atoms with Gasteiger partial charge < -0.3 is 10.1 Å². The molecule has 0 saturated heterocycles. The van der Waals surface area contributed by atoms with Crippen molar-refractivity contribution in [2.45, 2.75) is 27.3 Å². The minimum Gasteiger partial charge on any atom is -0.462 e. The van der Waals surface area contributed by atoms with Crippen molar-refractivity contribution in [1.82, 2.24) is 15.1 Å². The molecule has 0 aliphatic heterocycles. The summed E-state index contributed by atoms with van der Waals surface area (Å²) in [6.07, 6.45) is 2.01. The molecule has 0 amide bonds. The number of esters is 1. The van der Waals surface area contributed by atoms with Crippen molar-refractivity contribution >= 4 is 5.97 Å². The van der Waals surface area contributed by atoms with Gasteiger partial charge in [-0.3, -0.25) is 0 Å². The summed E-state index contributed by atoms with van der Waals surface area (Å²) in [7, 11) is 0. The molecule has 1 aromatic heterocycles. The van der Waals surface area contributed by atoms with E-state index in [9.17, 15) is 4.79 Å². The van der Waals surface area contributed by atoms with Crippen LogP contribution in [0.2, 0.25) is 0 Å². The molecule has 5 nitrogen and oxygen atoms in total. The van der Waals surface area contributed by atoms with Gasteiger partial charge in [-0.05, 0) is 44.7 Å². The first-order valence-corrected chi connectivity index (χ1v) is 7.19. The topological polar surface area (TPSA) is 56.2 Å². The zero-order valence-electron chi connectivity index (χ0n) is 12.7. The van der Waals surface area contributed by atoms with Gasteiger partial charge in [0.05, 0.1) is 23.6 Å². The Hall–Kier alpha value is -2.14. The second-order valence-electron chi connectivity index (χ2n) is 4.73. The Bertz CT molecular complexity index is 602. The molecule has 2 rings (SSSR count). The summed E-state index contributed by atoms with van der Waals surface area (Å²) in [6.45, 7) is 7.99.